The van der Waals surface area contributed by atoms with Crippen LogP contribution in [-0.4, -0.2) is 50.1 Å². The van der Waals surface area contributed by atoms with Gasteiger partial charge < -0.3 is 19.7 Å². The highest BCUT2D eigenvalue weighted by Crippen LogP contribution is 2.27. The highest BCUT2D eigenvalue weighted by Gasteiger charge is 2.13. The molecule has 7 nitrogen and oxygen atoms in total. The van der Waals surface area contributed by atoms with Crippen LogP contribution in [0.15, 0.2) is 53.6 Å². The minimum Gasteiger partial charge on any atom is -0.497 e. The average molecular weight is 435 g/mol. The number of hydrogen-bond acceptors (Lipinski definition) is 7. The van der Waals surface area contributed by atoms with Crippen LogP contribution in [0.3, 0.4) is 0 Å². The van der Waals surface area contributed by atoms with Gasteiger partial charge in [0.05, 0.1) is 37.2 Å². The normalized spacial score (nSPS) is 13.6. The Balaban J connectivity index is 1.39. The van der Waals surface area contributed by atoms with E-state index in [-0.39, 0.29) is 11.7 Å². The molecular formula is C23H22N4O3S. The van der Waals surface area contributed by atoms with E-state index < -0.39 is 0 Å². The van der Waals surface area contributed by atoms with Crippen molar-refractivity contribution in [2.24, 2.45) is 0 Å². The summed E-state index contributed by atoms with van der Waals surface area (Å²) in [5.41, 5.74) is 3.04. The number of nitrogens with zero attached hydrogens (tertiary/aromatic N) is 3. The zero-order valence-electron chi connectivity index (χ0n) is 17.1. The van der Waals surface area contributed by atoms with Crippen molar-refractivity contribution in [2.45, 2.75) is 5.03 Å². The largest absolute Gasteiger partial charge is 0.497 e. The summed E-state index contributed by atoms with van der Waals surface area (Å²) in [6.07, 6.45) is 0. The van der Waals surface area contributed by atoms with Crippen LogP contribution in [0.1, 0.15) is 5.56 Å². The van der Waals surface area contributed by atoms with E-state index in [2.05, 4.69) is 21.3 Å². The van der Waals surface area contributed by atoms with Crippen molar-refractivity contribution in [3.05, 3.63) is 54.1 Å². The Bertz CT molecular complexity index is 1120. The number of hydrogen-bond donors (Lipinski definition) is 1. The zero-order chi connectivity index (χ0) is 21.6. The number of anilines is 2. The van der Waals surface area contributed by atoms with E-state index in [0.29, 0.717) is 16.3 Å². The molecule has 31 heavy (non-hydrogen) atoms. The zero-order valence-corrected chi connectivity index (χ0v) is 17.9. The number of nitriles is 1. The summed E-state index contributed by atoms with van der Waals surface area (Å²) in [4.78, 5) is 19.2. The molecule has 3 aromatic rings. The third-order valence-electron chi connectivity index (χ3n) is 4.97. The molecule has 158 valence electrons. The molecule has 1 aliphatic rings. The molecule has 0 bridgehead atoms. The van der Waals surface area contributed by atoms with Gasteiger partial charge in [0.1, 0.15) is 16.8 Å². The number of carbonyl (C=O) groups is 1. The molecule has 0 radical (unpaired) electrons. The Kier molecular flexibility index (Phi) is 6.55. The molecule has 1 aromatic heterocycles. The predicted octanol–water partition coefficient (Wildman–Crippen LogP) is 3.68. The number of thioether (sulfide) groups is 1. The lowest BCUT2D eigenvalue weighted by Crippen LogP contribution is -2.36. The Morgan fingerprint density at radius 3 is 2.71 bits per heavy atom. The van der Waals surface area contributed by atoms with Crippen molar-refractivity contribution in [1.82, 2.24) is 4.98 Å². The first-order valence-corrected chi connectivity index (χ1v) is 10.9. The van der Waals surface area contributed by atoms with Gasteiger partial charge in [0.15, 0.2) is 0 Å². The van der Waals surface area contributed by atoms with Gasteiger partial charge in [-0.3, -0.25) is 4.79 Å². The lowest BCUT2D eigenvalue weighted by molar-refractivity contribution is -0.113. The minimum atomic E-state index is -0.148. The summed E-state index contributed by atoms with van der Waals surface area (Å²) >= 11 is 1.25. The summed E-state index contributed by atoms with van der Waals surface area (Å²) in [5.74, 6) is 0.719. The number of morpholine rings is 1. The van der Waals surface area contributed by atoms with Gasteiger partial charge >= 0.3 is 0 Å². The minimum absolute atomic E-state index is 0.148. The molecule has 0 aliphatic carbocycles. The van der Waals surface area contributed by atoms with Crippen LogP contribution in [-0.2, 0) is 9.53 Å². The van der Waals surface area contributed by atoms with E-state index in [1.54, 1.807) is 13.2 Å². The second kappa shape index (κ2) is 9.69. The third kappa shape index (κ3) is 5.08. The van der Waals surface area contributed by atoms with Gasteiger partial charge in [-0.1, -0.05) is 11.8 Å². The van der Waals surface area contributed by atoms with Crippen LogP contribution in [0.2, 0.25) is 0 Å². The molecule has 2 heterocycles. The van der Waals surface area contributed by atoms with Gasteiger partial charge in [-0.15, -0.1) is 0 Å². The summed E-state index contributed by atoms with van der Waals surface area (Å²) in [6.45, 7) is 3.21. The Hall–Kier alpha value is -3.28. The molecule has 0 saturated carbocycles. The van der Waals surface area contributed by atoms with Crippen molar-refractivity contribution in [1.29, 1.82) is 5.26 Å². The van der Waals surface area contributed by atoms with Crippen molar-refractivity contribution in [2.75, 3.05) is 49.4 Å². The summed E-state index contributed by atoms with van der Waals surface area (Å²) in [6, 6.07) is 17.2. The number of benzene rings is 2. The van der Waals surface area contributed by atoms with Crippen molar-refractivity contribution in [3.63, 3.8) is 0 Å². The van der Waals surface area contributed by atoms with E-state index in [1.165, 1.54) is 11.8 Å². The number of nitrogens with one attached hydrogen (secondary N) is 1. The second-order valence-electron chi connectivity index (χ2n) is 6.99. The maximum Gasteiger partial charge on any atom is 0.234 e. The summed E-state index contributed by atoms with van der Waals surface area (Å²) < 4.78 is 10.6. The molecule has 2 aromatic carbocycles. The first-order chi connectivity index (χ1) is 15.2. The molecule has 1 N–H and O–H groups in total. The lowest BCUT2D eigenvalue weighted by Gasteiger charge is -2.28. The van der Waals surface area contributed by atoms with Crippen molar-refractivity contribution < 1.29 is 14.3 Å². The SMILES string of the molecule is COc1ccc2nc(SCC(=O)Nc3ccc(N4CCOCC4)cc3)c(C#N)cc2c1. The molecule has 0 atom stereocenters. The number of rotatable bonds is 6. The fourth-order valence-electron chi connectivity index (χ4n) is 3.36. The first kappa shape index (κ1) is 21.0. The van der Waals surface area contributed by atoms with Gasteiger partial charge in [-0.25, -0.2) is 4.98 Å². The number of amides is 1. The topological polar surface area (TPSA) is 87.5 Å². The molecule has 0 unspecified atom stereocenters. The van der Waals surface area contributed by atoms with Crippen molar-refractivity contribution in [3.8, 4) is 11.8 Å². The number of aromatic nitrogens is 1. The fourth-order valence-corrected chi connectivity index (χ4v) is 4.13. The van der Waals surface area contributed by atoms with Crippen LogP contribution in [0.5, 0.6) is 5.75 Å². The van der Waals surface area contributed by atoms with E-state index in [0.717, 1.165) is 48.6 Å². The van der Waals surface area contributed by atoms with E-state index in [4.69, 9.17) is 9.47 Å². The lowest BCUT2D eigenvalue weighted by atomic mass is 10.1. The maximum absolute atomic E-state index is 12.4. The van der Waals surface area contributed by atoms with Crippen LogP contribution >= 0.6 is 11.8 Å². The van der Waals surface area contributed by atoms with Gasteiger partial charge in [0.2, 0.25) is 5.91 Å². The van der Waals surface area contributed by atoms with Gasteiger partial charge in [0, 0.05) is 29.9 Å². The van der Waals surface area contributed by atoms with E-state index in [9.17, 15) is 10.1 Å². The summed E-state index contributed by atoms with van der Waals surface area (Å²) in [5, 5.41) is 13.8. The van der Waals surface area contributed by atoms with Crippen LogP contribution in [0.4, 0.5) is 11.4 Å². The fraction of sp³-hybridized carbons (Fsp3) is 0.261. The molecule has 1 aliphatic heterocycles. The molecule has 1 amide bonds. The third-order valence-corrected chi connectivity index (χ3v) is 5.97. The van der Waals surface area contributed by atoms with Gasteiger partial charge in [-0.05, 0) is 48.5 Å². The highest BCUT2D eigenvalue weighted by molar-refractivity contribution is 8.00. The van der Waals surface area contributed by atoms with Crippen molar-refractivity contribution >= 4 is 39.9 Å². The number of carbonyl (C=O) groups excluding carboxylic acids is 1. The monoisotopic (exact) mass is 434 g/mol. The van der Waals surface area contributed by atoms with Gasteiger partial charge in [0.25, 0.3) is 0 Å². The van der Waals surface area contributed by atoms with E-state index in [1.807, 2.05) is 42.5 Å². The van der Waals surface area contributed by atoms with Crippen LogP contribution < -0.4 is 15.0 Å². The quantitative estimate of drug-likeness (QED) is 0.592. The van der Waals surface area contributed by atoms with Crippen LogP contribution in [0, 0.1) is 11.3 Å². The Morgan fingerprint density at radius 2 is 2.00 bits per heavy atom. The average Bonchev–Trinajstić information content (AvgIpc) is 2.82. The standard InChI is InChI=1S/C23H22N4O3S/c1-29-20-6-7-21-16(13-20)12-17(14-24)23(26-21)31-15-22(28)25-18-2-4-19(5-3-18)27-8-10-30-11-9-27/h2-7,12-13H,8-11,15H2,1H3,(H,25,28). The second-order valence-corrected chi connectivity index (χ2v) is 7.96. The molecule has 1 fully saturated rings. The highest BCUT2D eigenvalue weighted by atomic mass is 32.2. The van der Waals surface area contributed by atoms with E-state index >= 15 is 0 Å². The molecular weight excluding hydrogens is 412 g/mol. The molecule has 4 rings (SSSR count). The molecule has 8 heteroatoms. The predicted molar refractivity (Wildman–Crippen MR) is 122 cm³/mol. The summed E-state index contributed by atoms with van der Waals surface area (Å²) in [7, 11) is 1.60. The number of pyridine rings is 1. The smallest absolute Gasteiger partial charge is 0.234 e. The number of ether oxygens (including phenoxy) is 2. The number of methoxy groups -OCH3 is 1. The Morgan fingerprint density at radius 1 is 1.23 bits per heavy atom. The molecule has 0 spiro atoms. The Labute approximate surface area is 185 Å². The van der Waals surface area contributed by atoms with Crippen LogP contribution in [0.25, 0.3) is 10.9 Å². The number of fused-ring (bicyclic) bond motifs is 1. The molecule has 1 saturated heterocycles. The van der Waals surface area contributed by atoms with Gasteiger partial charge in [-0.2, -0.15) is 5.26 Å². The maximum atomic E-state index is 12.4. The first-order valence-electron chi connectivity index (χ1n) is 9.90.